The summed E-state index contributed by atoms with van der Waals surface area (Å²) >= 11 is 0. The summed E-state index contributed by atoms with van der Waals surface area (Å²) in [5.74, 6) is -0.739. The molecule has 0 heterocycles. The number of anilines is 1. The Balaban J connectivity index is 2.18. The highest BCUT2D eigenvalue weighted by molar-refractivity contribution is 7.89. The fourth-order valence-corrected chi connectivity index (χ4v) is 4.10. The number of hydrogen-bond acceptors (Lipinski definition) is 4. The van der Waals surface area contributed by atoms with Crippen LogP contribution >= 0.6 is 0 Å². The first-order valence-electron chi connectivity index (χ1n) is 8.93. The molecule has 6 nitrogen and oxygen atoms in total. The number of sulfonamides is 1. The Morgan fingerprint density at radius 2 is 1.92 bits per heavy atom. The molecule has 0 spiro atoms. The number of benzene rings is 1. The minimum Gasteiger partial charge on any atom is -0.478 e. The summed E-state index contributed by atoms with van der Waals surface area (Å²) in [5, 5.41) is 12.8. The highest BCUT2D eigenvalue weighted by Gasteiger charge is 2.21. The molecule has 0 unspecified atom stereocenters. The largest absolute Gasteiger partial charge is 0.478 e. The zero-order chi connectivity index (χ0) is 18.4. The van der Waals surface area contributed by atoms with Gasteiger partial charge >= 0.3 is 5.97 Å². The quantitative estimate of drug-likeness (QED) is 0.653. The molecule has 1 aromatic rings. The first kappa shape index (κ1) is 19.7. The molecule has 1 aliphatic rings. The molecule has 0 atom stereocenters. The summed E-state index contributed by atoms with van der Waals surface area (Å²) in [7, 11) is -3.70. The predicted octanol–water partition coefficient (Wildman–Crippen LogP) is 3.45. The Kier molecular flexibility index (Phi) is 6.84. The predicted molar refractivity (Wildman–Crippen MR) is 98.5 cm³/mol. The van der Waals surface area contributed by atoms with Crippen LogP contribution in [0.1, 0.15) is 62.7 Å². The molecule has 0 amide bonds. The van der Waals surface area contributed by atoms with Crippen molar-refractivity contribution in [1.82, 2.24) is 4.72 Å². The van der Waals surface area contributed by atoms with E-state index in [1.54, 1.807) is 6.07 Å². The molecule has 140 valence electrons. The maximum absolute atomic E-state index is 12.4. The molecule has 0 radical (unpaired) electrons. The molecule has 1 aliphatic carbocycles. The van der Waals surface area contributed by atoms with Crippen LogP contribution in [0.25, 0.3) is 0 Å². The van der Waals surface area contributed by atoms with Crippen molar-refractivity contribution >= 4 is 21.7 Å². The van der Waals surface area contributed by atoms with E-state index in [-0.39, 0.29) is 16.5 Å². The van der Waals surface area contributed by atoms with Gasteiger partial charge in [0.05, 0.1) is 10.5 Å². The molecule has 0 bridgehead atoms. The minimum absolute atomic E-state index is 0.00249. The van der Waals surface area contributed by atoms with Gasteiger partial charge in [-0.3, -0.25) is 0 Å². The fourth-order valence-electron chi connectivity index (χ4n) is 3.03. The van der Waals surface area contributed by atoms with E-state index in [0.717, 1.165) is 32.1 Å². The first-order valence-corrected chi connectivity index (χ1v) is 10.4. The molecule has 1 saturated carbocycles. The summed E-state index contributed by atoms with van der Waals surface area (Å²) in [5.41, 5.74) is 0.484. The summed E-state index contributed by atoms with van der Waals surface area (Å²) in [6.45, 7) is 4.37. The van der Waals surface area contributed by atoms with Crippen molar-refractivity contribution in [2.24, 2.45) is 5.92 Å². The zero-order valence-electron chi connectivity index (χ0n) is 14.9. The van der Waals surface area contributed by atoms with Gasteiger partial charge in [-0.25, -0.2) is 17.9 Å². The lowest BCUT2D eigenvalue weighted by molar-refractivity contribution is 0.0697. The third kappa shape index (κ3) is 5.71. The van der Waals surface area contributed by atoms with Crippen LogP contribution in [0.15, 0.2) is 23.1 Å². The summed E-state index contributed by atoms with van der Waals surface area (Å²) in [6, 6.07) is 4.52. The summed E-state index contributed by atoms with van der Waals surface area (Å²) in [6.07, 6.45) is 6.22. The number of aromatic carboxylic acids is 1. The number of hydrogen-bond donors (Lipinski definition) is 3. The molecule has 0 aliphatic heterocycles. The third-order valence-corrected chi connectivity index (χ3v) is 5.97. The van der Waals surface area contributed by atoms with Gasteiger partial charge in [0.1, 0.15) is 0 Å². The van der Waals surface area contributed by atoms with E-state index in [0.29, 0.717) is 18.2 Å². The van der Waals surface area contributed by atoms with Crippen molar-refractivity contribution in [2.75, 3.05) is 11.9 Å². The van der Waals surface area contributed by atoms with Gasteiger partial charge in [-0.05, 0) is 43.4 Å². The van der Waals surface area contributed by atoms with E-state index in [9.17, 15) is 18.3 Å². The van der Waals surface area contributed by atoms with Crippen molar-refractivity contribution in [2.45, 2.75) is 63.3 Å². The Labute approximate surface area is 150 Å². The van der Waals surface area contributed by atoms with Crippen molar-refractivity contribution in [3.8, 4) is 0 Å². The second kappa shape index (κ2) is 8.67. The van der Waals surface area contributed by atoms with Crippen LogP contribution in [-0.2, 0) is 10.0 Å². The van der Waals surface area contributed by atoms with E-state index < -0.39 is 16.0 Å². The van der Waals surface area contributed by atoms with Crippen molar-refractivity contribution in [1.29, 1.82) is 0 Å². The van der Waals surface area contributed by atoms with Crippen LogP contribution in [0.3, 0.4) is 0 Å². The van der Waals surface area contributed by atoms with E-state index in [1.165, 1.54) is 18.6 Å². The van der Waals surface area contributed by atoms with Gasteiger partial charge in [0.2, 0.25) is 10.0 Å². The van der Waals surface area contributed by atoms with Crippen molar-refractivity contribution in [3.63, 3.8) is 0 Å². The standard InChI is InChI=1S/C18H28N2O4S/c1-13(2)10-11-19-25(23,24)15-8-9-17(16(12-15)18(21)22)20-14-6-4-3-5-7-14/h8-9,12-14,19-20H,3-7,10-11H2,1-2H3,(H,21,22). The Bertz CT molecular complexity index is 695. The molecule has 1 aromatic carbocycles. The van der Waals surface area contributed by atoms with E-state index in [2.05, 4.69) is 10.0 Å². The van der Waals surface area contributed by atoms with Crippen LogP contribution in [0, 0.1) is 5.92 Å². The molecular formula is C18H28N2O4S. The first-order chi connectivity index (χ1) is 11.8. The smallest absolute Gasteiger partial charge is 0.337 e. The molecule has 0 saturated heterocycles. The third-order valence-electron chi connectivity index (χ3n) is 4.51. The number of nitrogens with one attached hydrogen (secondary N) is 2. The topological polar surface area (TPSA) is 95.5 Å². The molecule has 25 heavy (non-hydrogen) atoms. The van der Waals surface area contributed by atoms with Crippen molar-refractivity contribution in [3.05, 3.63) is 23.8 Å². The van der Waals surface area contributed by atoms with Gasteiger partial charge < -0.3 is 10.4 Å². The molecule has 1 fully saturated rings. The van der Waals surface area contributed by atoms with Gasteiger partial charge in [0.25, 0.3) is 0 Å². The second-order valence-electron chi connectivity index (χ2n) is 7.07. The fraction of sp³-hybridized carbons (Fsp3) is 0.611. The molecule has 2 rings (SSSR count). The molecular weight excluding hydrogens is 340 g/mol. The highest BCUT2D eigenvalue weighted by atomic mass is 32.2. The summed E-state index contributed by atoms with van der Waals surface area (Å²) in [4.78, 5) is 11.6. The average molecular weight is 368 g/mol. The number of rotatable bonds is 8. The molecule has 0 aromatic heterocycles. The lowest BCUT2D eigenvalue weighted by atomic mass is 9.95. The Morgan fingerprint density at radius 1 is 1.24 bits per heavy atom. The SMILES string of the molecule is CC(C)CCNS(=O)(=O)c1ccc(NC2CCCCC2)c(C(=O)O)c1. The second-order valence-corrected chi connectivity index (χ2v) is 8.84. The van der Waals surface area contributed by atoms with Crippen LogP contribution < -0.4 is 10.0 Å². The number of carbonyl (C=O) groups is 1. The maximum atomic E-state index is 12.4. The van der Waals surface area contributed by atoms with Gasteiger partial charge in [0, 0.05) is 18.3 Å². The highest BCUT2D eigenvalue weighted by Crippen LogP contribution is 2.26. The lowest BCUT2D eigenvalue weighted by Crippen LogP contribution is -2.26. The minimum atomic E-state index is -3.70. The van der Waals surface area contributed by atoms with Crippen LogP contribution in [0.4, 0.5) is 5.69 Å². The van der Waals surface area contributed by atoms with Crippen LogP contribution in [0.5, 0.6) is 0 Å². The Morgan fingerprint density at radius 3 is 2.52 bits per heavy atom. The van der Waals surface area contributed by atoms with Gasteiger partial charge in [-0.2, -0.15) is 0 Å². The van der Waals surface area contributed by atoms with Crippen LogP contribution in [-0.4, -0.2) is 32.1 Å². The van der Waals surface area contributed by atoms with Crippen molar-refractivity contribution < 1.29 is 18.3 Å². The molecule has 7 heteroatoms. The van der Waals surface area contributed by atoms with Gasteiger partial charge in [-0.1, -0.05) is 33.1 Å². The van der Waals surface area contributed by atoms with E-state index in [1.807, 2.05) is 13.8 Å². The normalized spacial score (nSPS) is 16.1. The van der Waals surface area contributed by atoms with E-state index >= 15 is 0 Å². The van der Waals surface area contributed by atoms with Gasteiger partial charge in [-0.15, -0.1) is 0 Å². The van der Waals surface area contributed by atoms with Gasteiger partial charge in [0.15, 0.2) is 0 Å². The summed E-state index contributed by atoms with van der Waals surface area (Å²) < 4.78 is 27.3. The van der Waals surface area contributed by atoms with Crippen LogP contribution in [0.2, 0.25) is 0 Å². The van der Waals surface area contributed by atoms with E-state index in [4.69, 9.17) is 0 Å². The zero-order valence-corrected chi connectivity index (χ0v) is 15.7. The maximum Gasteiger partial charge on any atom is 0.337 e. The lowest BCUT2D eigenvalue weighted by Gasteiger charge is -2.24. The Hall–Kier alpha value is -1.60. The molecule has 3 N–H and O–H groups in total. The number of carboxylic acids is 1. The monoisotopic (exact) mass is 368 g/mol. The average Bonchev–Trinajstić information content (AvgIpc) is 2.55. The number of carboxylic acid groups (broad SMARTS) is 1.